The maximum atomic E-state index is 6.39. The van der Waals surface area contributed by atoms with E-state index < -0.39 is 5.79 Å². The highest BCUT2D eigenvalue weighted by molar-refractivity contribution is 5.71. The van der Waals surface area contributed by atoms with E-state index in [2.05, 4.69) is 28.1 Å². The number of rotatable bonds is 3. The summed E-state index contributed by atoms with van der Waals surface area (Å²) in [5.74, 6) is 1.33. The molecule has 0 N–H and O–H groups in total. The molecule has 1 aromatic carbocycles. The SMILES string of the molecule is COc1ccncc1-c1ccc2c(c1)COC1(CCN(C3CCC3)CC1)O2. The summed E-state index contributed by atoms with van der Waals surface area (Å²) in [7, 11) is 1.68. The van der Waals surface area contributed by atoms with Crippen molar-refractivity contribution >= 4 is 0 Å². The number of hydrogen-bond acceptors (Lipinski definition) is 5. The van der Waals surface area contributed by atoms with Gasteiger partial charge in [0.25, 0.3) is 0 Å². The molecule has 2 aliphatic heterocycles. The molecule has 142 valence electrons. The van der Waals surface area contributed by atoms with Gasteiger partial charge in [0.15, 0.2) is 0 Å². The molecule has 3 aliphatic rings. The van der Waals surface area contributed by atoms with Crippen LogP contribution in [0.15, 0.2) is 36.7 Å². The second kappa shape index (κ2) is 6.80. The Labute approximate surface area is 160 Å². The van der Waals surface area contributed by atoms with E-state index in [0.717, 1.165) is 60.2 Å². The van der Waals surface area contributed by atoms with Gasteiger partial charge < -0.3 is 14.2 Å². The summed E-state index contributed by atoms with van der Waals surface area (Å²) >= 11 is 0. The molecule has 1 aromatic heterocycles. The first-order chi connectivity index (χ1) is 13.3. The lowest BCUT2D eigenvalue weighted by atomic mass is 9.89. The molecule has 1 saturated carbocycles. The van der Waals surface area contributed by atoms with Gasteiger partial charge in [-0.3, -0.25) is 9.88 Å². The largest absolute Gasteiger partial charge is 0.496 e. The van der Waals surface area contributed by atoms with Crippen molar-refractivity contribution in [3.63, 3.8) is 0 Å². The molecule has 5 nitrogen and oxygen atoms in total. The predicted molar refractivity (Wildman–Crippen MR) is 103 cm³/mol. The van der Waals surface area contributed by atoms with Crippen molar-refractivity contribution in [3.8, 4) is 22.6 Å². The van der Waals surface area contributed by atoms with Crippen LogP contribution in [0.5, 0.6) is 11.5 Å². The fourth-order valence-corrected chi connectivity index (χ4v) is 4.40. The molecule has 27 heavy (non-hydrogen) atoms. The number of methoxy groups -OCH3 is 1. The van der Waals surface area contributed by atoms with E-state index in [1.165, 1.54) is 19.3 Å². The fourth-order valence-electron chi connectivity index (χ4n) is 4.40. The Balaban J connectivity index is 1.34. The molecule has 1 spiro atoms. The van der Waals surface area contributed by atoms with Crippen molar-refractivity contribution in [1.82, 2.24) is 9.88 Å². The number of fused-ring (bicyclic) bond motifs is 1. The van der Waals surface area contributed by atoms with Crippen molar-refractivity contribution in [1.29, 1.82) is 0 Å². The second-order valence-corrected chi connectivity index (χ2v) is 7.82. The molecule has 0 unspecified atom stereocenters. The number of benzene rings is 1. The lowest BCUT2D eigenvalue weighted by Gasteiger charge is -2.47. The average molecular weight is 366 g/mol. The van der Waals surface area contributed by atoms with Gasteiger partial charge in [0, 0.05) is 55.5 Å². The second-order valence-electron chi connectivity index (χ2n) is 7.82. The van der Waals surface area contributed by atoms with Crippen LogP contribution in [0.3, 0.4) is 0 Å². The van der Waals surface area contributed by atoms with Crippen molar-refractivity contribution in [2.45, 2.75) is 50.5 Å². The van der Waals surface area contributed by atoms with E-state index in [9.17, 15) is 0 Å². The summed E-state index contributed by atoms with van der Waals surface area (Å²) < 4.78 is 18.1. The van der Waals surface area contributed by atoms with E-state index in [-0.39, 0.29) is 0 Å². The van der Waals surface area contributed by atoms with Crippen molar-refractivity contribution < 1.29 is 14.2 Å². The number of pyridine rings is 1. The maximum Gasteiger partial charge on any atom is 0.213 e. The summed E-state index contributed by atoms with van der Waals surface area (Å²) in [5, 5.41) is 0. The number of piperidine rings is 1. The molecule has 0 bridgehead atoms. The van der Waals surface area contributed by atoms with Crippen molar-refractivity contribution in [2.75, 3.05) is 20.2 Å². The average Bonchev–Trinajstić information content (AvgIpc) is 2.68. The summed E-state index contributed by atoms with van der Waals surface area (Å²) in [6.45, 7) is 2.74. The highest BCUT2D eigenvalue weighted by atomic mass is 16.7. The standard InChI is InChI=1S/C22H26N2O3/c1-25-21-7-10-23-14-19(21)16-5-6-20-17(13-16)15-26-22(27-20)8-11-24(12-9-22)18-3-2-4-18/h5-7,10,13-14,18H,2-4,8-9,11-12,15H2,1H3. The molecule has 5 heteroatoms. The zero-order valence-corrected chi connectivity index (χ0v) is 15.8. The van der Waals surface area contributed by atoms with Crippen LogP contribution in [-0.4, -0.2) is 41.9 Å². The summed E-state index contributed by atoms with van der Waals surface area (Å²) in [6, 6.07) is 8.97. The minimum Gasteiger partial charge on any atom is -0.496 e. The van der Waals surface area contributed by atoms with Crippen LogP contribution in [-0.2, 0) is 11.3 Å². The highest BCUT2D eigenvalue weighted by Gasteiger charge is 2.42. The lowest BCUT2D eigenvalue weighted by Crippen LogP contribution is -2.54. The molecule has 1 saturated heterocycles. The third kappa shape index (κ3) is 3.09. The Morgan fingerprint density at radius 3 is 2.78 bits per heavy atom. The van der Waals surface area contributed by atoms with Crippen LogP contribution in [0.25, 0.3) is 11.1 Å². The van der Waals surface area contributed by atoms with Gasteiger partial charge in [-0.2, -0.15) is 0 Å². The summed E-state index contributed by atoms with van der Waals surface area (Å²) in [5.41, 5.74) is 3.14. The Hall–Kier alpha value is -2.11. The van der Waals surface area contributed by atoms with Gasteiger partial charge in [-0.1, -0.05) is 12.5 Å². The number of ether oxygens (including phenoxy) is 3. The Kier molecular flexibility index (Phi) is 4.29. The van der Waals surface area contributed by atoms with Gasteiger partial charge in [-0.25, -0.2) is 0 Å². The predicted octanol–water partition coefficient (Wildman–Crippen LogP) is 4.01. The number of aromatic nitrogens is 1. The van der Waals surface area contributed by atoms with Crippen LogP contribution in [0.4, 0.5) is 0 Å². The first-order valence-electron chi connectivity index (χ1n) is 9.95. The number of likely N-dealkylation sites (tertiary alicyclic amines) is 1. The lowest BCUT2D eigenvalue weighted by molar-refractivity contribution is -0.231. The molecule has 5 rings (SSSR count). The zero-order valence-electron chi connectivity index (χ0n) is 15.8. The van der Waals surface area contributed by atoms with Crippen LogP contribution < -0.4 is 9.47 Å². The first-order valence-corrected chi connectivity index (χ1v) is 9.95. The number of hydrogen-bond donors (Lipinski definition) is 0. The monoisotopic (exact) mass is 366 g/mol. The van der Waals surface area contributed by atoms with Gasteiger partial charge in [-0.05, 0) is 36.6 Å². The van der Waals surface area contributed by atoms with Crippen LogP contribution >= 0.6 is 0 Å². The van der Waals surface area contributed by atoms with Gasteiger partial charge in [0.2, 0.25) is 5.79 Å². The molecule has 2 fully saturated rings. The quantitative estimate of drug-likeness (QED) is 0.821. The topological polar surface area (TPSA) is 43.8 Å². The van der Waals surface area contributed by atoms with Crippen LogP contribution in [0.1, 0.15) is 37.7 Å². The third-order valence-corrected chi connectivity index (χ3v) is 6.31. The van der Waals surface area contributed by atoms with Gasteiger partial charge in [0.05, 0.1) is 13.7 Å². The van der Waals surface area contributed by atoms with Crippen LogP contribution in [0, 0.1) is 0 Å². The minimum atomic E-state index is -0.444. The van der Waals surface area contributed by atoms with Gasteiger partial charge in [-0.15, -0.1) is 0 Å². The van der Waals surface area contributed by atoms with E-state index >= 15 is 0 Å². The molecular formula is C22H26N2O3. The van der Waals surface area contributed by atoms with Gasteiger partial charge >= 0.3 is 0 Å². The molecular weight excluding hydrogens is 340 g/mol. The molecule has 0 amide bonds. The summed E-state index contributed by atoms with van der Waals surface area (Å²) in [6.07, 6.45) is 9.57. The zero-order chi connectivity index (χ0) is 18.3. The molecule has 2 aromatic rings. The third-order valence-electron chi connectivity index (χ3n) is 6.31. The Morgan fingerprint density at radius 1 is 1.19 bits per heavy atom. The Bertz CT molecular complexity index is 826. The number of nitrogens with zero attached hydrogens (tertiary/aromatic N) is 2. The first kappa shape index (κ1) is 17.0. The smallest absolute Gasteiger partial charge is 0.213 e. The molecule has 3 heterocycles. The van der Waals surface area contributed by atoms with E-state index in [0.29, 0.717) is 6.61 Å². The van der Waals surface area contributed by atoms with E-state index in [1.54, 1.807) is 13.3 Å². The normalized spacial score (nSPS) is 22.0. The van der Waals surface area contributed by atoms with E-state index in [1.807, 2.05) is 12.3 Å². The highest BCUT2D eigenvalue weighted by Crippen LogP contribution is 2.41. The molecule has 0 radical (unpaired) electrons. The van der Waals surface area contributed by atoms with Crippen LogP contribution in [0.2, 0.25) is 0 Å². The summed E-state index contributed by atoms with van der Waals surface area (Å²) in [4.78, 5) is 6.86. The fraction of sp³-hybridized carbons (Fsp3) is 0.500. The molecule has 1 aliphatic carbocycles. The van der Waals surface area contributed by atoms with Crippen molar-refractivity contribution in [2.24, 2.45) is 0 Å². The van der Waals surface area contributed by atoms with Gasteiger partial charge in [0.1, 0.15) is 11.5 Å². The Morgan fingerprint density at radius 2 is 2.04 bits per heavy atom. The van der Waals surface area contributed by atoms with Crippen molar-refractivity contribution in [3.05, 3.63) is 42.2 Å². The maximum absolute atomic E-state index is 6.39. The molecule has 0 atom stereocenters. The minimum absolute atomic E-state index is 0.444. The van der Waals surface area contributed by atoms with E-state index in [4.69, 9.17) is 14.2 Å².